The number of carbonyl (C=O) groups excluding carboxylic acids is 1. The lowest BCUT2D eigenvalue weighted by Gasteiger charge is -2.33. The topological polar surface area (TPSA) is 47.9 Å². The van der Waals surface area contributed by atoms with Crippen LogP contribution in [0.15, 0.2) is 114 Å². The third-order valence-corrected chi connectivity index (χ3v) is 5.64. The zero-order chi connectivity index (χ0) is 21.8. The van der Waals surface area contributed by atoms with Crippen LogP contribution in [0.25, 0.3) is 0 Å². The molecule has 0 spiro atoms. The lowest BCUT2D eigenvalue weighted by Crippen LogP contribution is -2.31. The summed E-state index contributed by atoms with van der Waals surface area (Å²) in [6.07, 6.45) is 1.67. The molecule has 32 heavy (non-hydrogen) atoms. The van der Waals surface area contributed by atoms with E-state index in [0.29, 0.717) is 12.2 Å². The summed E-state index contributed by atoms with van der Waals surface area (Å²) in [4.78, 5) is 18.1. The number of cyclic esters (lactones) is 1. The van der Waals surface area contributed by atoms with Crippen LogP contribution < -0.4 is 0 Å². The molecule has 4 nitrogen and oxygen atoms in total. The van der Waals surface area contributed by atoms with Gasteiger partial charge in [-0.25, -0.2) is 4.79 Å². The molecule has 0 aliphatic carbocycles. The quantitative estimate of drug-likeness (QED) is 0.174. The highest BCUT2D eigenvalue weighted by Crippen LogP contribution is 2.40. The number of fused-ring (bicyclic) bond motifs is 1. The summed E-state index contributed by atoms with van der Waals surface area (Å²) >= 11 is 0. The normalized spacial score (nSPS) is 13.1. The van der Waals surface area contributed by atoms with Crippen LogP contribution in [0.3, 0.4) is 0 Å². The van der Waals surface area contributed by atoms with Crippen molar-refractivity contribution in [3.05, 3.63) is 143 Å². The zero-order valence-electron chi connectivity index (χ0n) is 17.3. The van der Waals surface area contributed by atoms with Gasteiger partial charge in [0, 0.05) is 22.3 Å². The molecule has 1 aliphatic rings. The first-order valence-corrected chi connectivity index (χ1v) is 10.5. The molecule has 0 aromatic heterocycles. The number of esters is 1. The van der Waals surface area contributed by atoms with Gasteiger partial charge in [0.15, 0.2) is 0 Å². The van der Waals surface area contributed by atoms with Crippen LogP contribution in [0, 0.1) is 0 Å². The van der Waals surface area contributed by atoms with E-state index in [1.807, 2.05) is 103 Å². The Bertz CT molecular complexity index is 1160. The van der Waals surface area contributed by atoms with Gasteiger partial charge in [0.25, 0.3) is 0 Å². The van der Waals surface area contributed by atoms with Gasteiger partial charge in [0.1, 0.15) is 6.61 Å². The summed E-state index contributed by atoms with van der Waals surface area (Å²) in [5.41, 5.74) is 4.31. The Hall–Kier alpha value is -4.18. The van der Waals surface area contributed by atoms with Gasteiger partial charge in [-0.05, 0) is 17.7 Å². The Kier molecular flexibility index (Phi) is 5.26. The van der Waals surface area contributed by atoms with Crippen molar-refractivity contribution in [1.29, 1.82) is 0 Å². The number of carbonyl (C=O) groups is 1. The minimum absolute atomic E-state index is 0.281. The second-order valence-corrected chi connectivity index (χ2v) is 7.60. The third-order valence-electron chi connectivity index (χ3n) is 5.64. The van der Waals surface area contributed by atoms with E-state index in [0.717, 1.165) is 27.8 Å². The monoisotopic (exact) mass is 419 g/mol. The maximum Gasteiger partial charge on any atom is 0.338 e. The summed E-state index contributed by atoms with van der Waals surface area (Å²) in [6.45, 7) is 0.290. The molecule has 5 rings (SSSR count). The molecule has 4 heteroatoms. The maximum atomic E-state index is 11.7. The number of nitrogens with zero attached hydrogens (tertiary/aromatic N) is 1. The van der Waals surface area contributed by atoms with Gasteiger partial charge in [-0.15, -0.1) is 0 Å². The summed E-state index contributed by atoms with van der Waals surface area (Å²) in [7, 11) is 0. The molecule has 0 saturated heterocycles. The minimum Gasteiger partial charge on any atom is -0.457 e. The second-order valence-electron chi connectivity index (χ2n) is 7.60. The van der Waals surface area contributed by atoms with Gasteiger partial charge < -0.3 is 9.57 Å². The van der Waals surface area contributed by atoms with E-state index in [1.54, 1.807) is 12.3 Å². The first kappa shape index (κ1) is 19.8. The Labute approximate surface area is 186 Å². The number of hydrogen-bond donors (Lipinski definition) is 0. The number of benzene rings is 4. The minimum atomic E-state index is -0.921. The predicted octanol–water partition coefficient (Wildman–Crippen LogP) is 5.70. The summed E-state index contributed by atoms with van der Waals surface area (Å²) in [5, 5.41) is 4.44. The molecule has 0 fully saturated rings. The van der Waals surface area contributed by atoms with Crippen LogP contribution in [-0.2, 0) is 21.8 Å². The summed E-state index contributed by atoms with van der Waals surface area (Å²) in [6, 6.07) is 35.8. The van der Waals surface area contributed by atoms with Crippen molar-refractivity contribution >= 4 is 12.2 Å². The van der Waals surface area contributed by atoms with Crippen LogP contribution in [0.2, 0.25) is 0 Å². The molecule has 156 valence electrons. The van der Waals surface area contributed by atoms with Gasteiger partial charge >= 0.3 is 5.97 Å². The van der Waals surface area contributed by atoms with Gasteiger partial charge in [-0.3, -0.25) is 0 Å². The van der Waals surface area contributed by atoms with Crippen molar-refractivity contribution in [3.8, 4) is 0 Å². The average Bonchev–Trinajstić information content (AvgIpc) is 3.23. The van der Waals surface area contributed by atoms with Gasteiger partial charge in [0.05, 0.1) is 11.8 Å². The molecular weight excluding hydrogens is 398 g/mol. The van der Waals surface area contributed by atoms with Crippen molar-refractivity contribution in [2.45, 2.75) is 12.2 Å². The summed E-state index contributed by atoms with van der Waals surface area (Å²) in [5.74, 6) is -0.281. The van der Waals surface area contributed by atoms with Crippen LogP contribution in [0.5, 0.6) is 0 Å². The van der Waals surface area contributed by atoms with Crippen LogP contribution in [0.4, 0.5) is 0 Å². The first-order chi connectivity index (χ1) is 15.8. The lowest BCUT2D eigenvalue weighted by molar-refractivity contribution is 0.0183. The van der Waals surface area contributed by atoms with E-state index in [4.69, 9.17) is 9.57 Å². The second kappa shape index (κ2) is 8.52. The van der Waals surface area contributed by atoms with E-state index < -0.39 is 5.60 Å². The van der Waals surface area contributed by atoms with Crippen molar-refractivity contribution in [2.75, 3.05) is 0 Å². The first-order valence-electron chi connectivity index (χ1n) is 10.5. The maximum absolute atomic E-state index is 11.7. The van der Waals surface area contributed by atoms with Crippen molar-refractivity contribution in [2.24, 2.45) is 5.16 Å². The Balaban J connectivity index is 1.59. The highest BCUT2D eigenvalue weighted by atomic mass is 16.6. The molecule has 1 aliphatic heterocycles. The fourth-order valence-corrected chi connectivity index (χ4v) is 4.08. The standard InChI is InChI=1S/C28H21NO3/c30-27-26-17-16-21(18-22(26)20-31-27)19-29-32-28(23-10-4-1-5-11-23,24-12-6-2-7-13-24)25-14-8-3-9-15-25/h1-19H,20H2. The third kappa shape index (κ3) is 3.56. The zero-order valence-corrected chi connectivity index (χ0v) is 17.3. The van der Waals surface area contributed by atoms with Crippen LogP contribution >= 0.6 is 0 Å². The van der Waals surface area contributed by atoms with Gasteiger partial charge in [-0.2, -0.15) is 0 Å². The molecule has 0 bridgehead atoms. The fraction of sp³-hybridized carbons (Fsp3) is 0.0714. The van der Waals surface area contributed by atoms with E-state index in [2.05, 4.69) is 5.16 Å². The molecule has 0 amide bonds. The Morgan fingerprint density at radius 3 is 1.81 bits per heavy atom. The largest absolute Gasteiger partial charge is 0.457 e. The van der Waals surface area contributed by atoms with Gasteiger partial charge in [-0.1, -0.05) is 102 Å². The van der Waals surface area contributed by atoms with Crippen molar-refractivity contribution in [1.82, 2.24) is 0 Å². The molecule has 0 saturated carbocycles. The van der Waals surface area contributed by atoms with Crippen LogP contribution in [-0.4, -0.2) is 12.2 Å². The highest BCUT2D eigenvalue weighted by Gasteiger charge is 2.39. The SMILES string of the molecule is O=C1OCc2cc(C=NOC(c3ccccc3)(c3ccccc3)c3ccccc3)ccc21. The molecule has 0 N–H and O–H groups in total. The molecular formula is C28H21NO3. The van der Waals surface area contributed by atoms with Gasteiger partial charge in [0.2, 0.25) is 5.60 Å². The number of oxime groups is 1. The predicted molar refractivity (Wildman–Crippen MR) is 123 cm³/mol. The highest BCUT2D eigenvalue weighted by molar-refractivity contribution is 5.94. The van der Waals surface area contributed by atoms with Crippen molar-refractivity contribution in [3.63, 3.8) is 0 Å². The van der Waals surface area contributed by atoms with Crippen molar-refractivity contribution < 1.29 is 14.4 Å². The molecule has 4 aromatic carbocycles. The molecule has 4 aromatic rings. The van der Waals surface area contributed by atoms with E-state index >= 15 is 0 Å². The fourth-order valence-electron chi connectivity index (χ4n) is 4.08. The molecule has 0 atom stereocenters. The Morgan fingerprint density at radius 1 is 0.750 bits per heavy atom. The smallest absolute Gasteiger partial charge is 0.338 e. The van der Waals surface area contributed by atoms with E-state index in [1.165, 1.54) is 0 Å². The molecule has 0 radical (unpaired) electrons. The molecule has 0 unspecified atom stereocenters. The number of hydrogen-bond acceptors (Lipinski definition) is 4. The summed E-state index contributed by atoms with van der Waals surface area (Å²) < 4.78 is 5.10. The lowest BCUT2D eigenvalue weighted by atomic mass is 9.80. The number of rotatable bonds is 6. The van der Waals surface area contributed by atoms with Crippen LogP contribution in [0.1, 0.15) is 38.2 Å². The number of ether oxygens (including phenoxy) is 1. The molecule has 1 heterocycles. The average molecular weight is 419 g/mol. The Morgan fingerprint density at radius 2 is 1.28 bits per heavy atom. The van der Waals surface area contributed by atoms with E-state index in [9.17, 15) is 4.79 Å². The van der Waals surface area contributed by atoms with E-state index in [-0.39, 0.29) is 5.97 Å².